The van der Waals surface area contributed by atoms with Crippen LogP contribution in [0.5, 0.6) is 0 Å². The molecule has 2 aliphatic rings. The van der Waals surface area contributed by atoms with Crippen molar-refractivity contribution in [3.8, 4) is 0 Å². The molecule has 2 fully saturated rings. The van der Waals surface area contributed by atoms with E-state index in [1.807, 2.05) is 23.1 Å². The SMILES string of the molecule is COC1CCN(C2CCN(C(=O)CCn3cnc4ccccc4c3=O)CC2)CC1. The first kappa shape index (κ1) is 20.0. The van der Waals surface area contributed by atoms with E-state index >= 15 is 0 Å². The van der Waals surface area contributed by atoms with Gasteiger partial charge in [-0.25, -0.2) is 4.98 Å². The molecule has 7 nitrogen and oxygen atoms in total. The number of piperidine rings is 2. The molecule has 0 aliphatic carbocycles. The second-order valence-corrected chi connectivity index (χ2v) is 8.09. The number of para-hydroxylation sites is 1. The van der Waals surface area contributed by atoms with Gasteiger partial charge in [0.25, 0.3) is 5.56 Å². The number of nitrogens with zero attached hydrogens (tertiary/aromatic N) is 4. The minimum atomic E-state index is -0.0819. The zero-order valence-electron chi connectivity index (χ0n) is 17.1. The molecule has 0 spiro atoms. The lowest BCUT2D eigenvalue weighted by Gasteiger charge is -2.41. The summed E-state index contributed by atoms with van der Waals surface area (Å²) in [6.45, 7) is 4.17. The molecule has 0 radical (unpaired) electrons. The zero-order chi connectivity index (χ0) is 20.2. The van der Waals surface area contributed by atoms with Crippen LogP contribution in [0.15, 0.2) is 35.4 Å². The molecule has 1 aromatic heterocycles. The molecular weight excluding hydrogens is 368 g/mol. The van der Waals surface area contributed by atoms with Crippen molar-refractivity contribution in [3.05, 3.63) is 40.9 Å². The van der Waals surface area contributed by atoms with Crippen LogP contribution in [-0.2, 0) is 16.1 Å². The number of carbonyl (C=O) groups excluding carboxylic acids is 1. The van der Waals surface area contributed by atoms with Gasteiger partial charge in [0.15, 0.2) is 0 Å². The summed E-state index contributed by atoms with van der Waals surface area (Å²) in [5, 5.41) is 0.598. The van der Waals surface area contributed by atoms with Crippen LogP contribution in [0.1, 0.15) is 32.1 Å². The third-order valence-electron chi connectivity index (χ3n) is 6.44. The van der Waals surface area contributed by atoms with E-state index in [0.717, 1.165) is 51.9 Å². The molecule has 1 amide bonds. The maximum Gasteiger partial charge on any atom is 0.261 e. The van der Waals surface area contributed by atoms with Gasteiger partial charge in [0, 0.05) is 52.3 Å². The molecule has 1 aromatic carbocycles. The van der Waals surface area contributed by atoms with Crippen molar-refractivity contribution in [1.29, 1.82) is 0 Å². The largest absolute Gasteiger partial charge is 0.381 e. The van der Waals surface area contributed by atoms with Crippen LogP contribution in [0.4, 0.5) is 0 Å². The Morgan fingerprint density at radius 3 is 2.55 bits per heavy atom. The molecule has 0 saturated carbocycles. The third-order valence-corrected chi connectivity index (χ3v) is 6.44. The average molecular weight is 399 g/mol. The summed E-state index contributed by atoms with van der Waals surface area (Å²) < 4.78 is 7.01. The van der Waals surface area contributed by atoms with Gasteiger partial charge in [-0.2, -0.15) is 0 Å². The fraction of sp³-hybridized carbons (Fsp3) is 0.591. The lowest BCUT2D eigenvalue weighted by molar-refractivity contribution is -0.133. The molecular formula is C22H30N4O3. The van der Waals surface area contributed by atoms with Crippen molar-refractivity contribution in [2.75, 3.05) is 33.3 Å². The summed E-state index contributed by atoms with van der Waals surface area (Å²) >= 11 is 0. The lowest BCUT2D eigenvalue weighted by Crippen LogP contribution is -2.49. The predicted molar refractivity (Wildman–Crippen MR) is 112 cm³/mol. The number of fused-ring (bicyclic) bond motifs is 1. The van der Waals surface area contributed by atoms with Crippen LogP contribution in [0.3, 0.4) is 0 Å². The highest BCUT2D eigenvalue weighted by molar-refractivity contribution is 5.77. The van der Waals surface area contributed by atoms with E-state index in [2.05, 4.69) is 9.88 Å². The Hall–Kier alpha value is -2.25. The lowest BCUT2D eigenvalue weighted by atomic mass is 9.98. The zero-order valence-corrected chi connectivity index (χ0v) is 17.1. The standard InChI is InChI=1S/C22H30N4O3/c1-29-18-8-13-24(14-9-18)17-6-11-25(12-7-17)21(27)10-15-26-16-23-20-5-3-2-4-19(20)22(26)28/h2-5,16-18H,6-15H2,1H3. The Morgan fingerprint density at radius 1 is 1.10 bits per heavy atom. The summed E-state index contributed by atoms with van der Waals surface area (Å²) in [5.74, 6) is 0.126. The first-order valence-electron chi connectivity index (χ1n) is 10.6. The summed E-state index contributed by atoms with van der Waals surface area (Å²) in [4.78, 5) is 34.1. The second kappa shape index (κ2) is 9.05. The van der Waals surface area contributed by atoms with E-state index in [4.69, 9.17) is 4.74 Å². The van der Waals surface area contributed by atoms with E-state index in [9.17, 15) is 9.59 Å². The van der Waals surface area contributed by atoms with E-state index in [-0.39, 0.29) is 11.5 Å². The van der Waals surface area contributed by atoms with Gasteiger partial charge in [0.05, 0.1) is 23.3 Å². The van der Waals surface area contributed by atoms with Crippen molar-refractivity contribution in [2.24, 2.45) is 0 Å². The van der Waals surface area contributed by atoms with Gasteiger partial charge in [-0.3, -0.25) is 14.2 Å². The van der Waals surface area contributed by atoms with Crippen molar-refractivity contribution in [1.82, 2.24) is 19.4 Å². The number of ether oxygens (including phenoxy) is 1. The molecule has 0 bridgehead atoms. The van der Waals surface area contributed by atoms with Gasteiger partial charge in [0.2, 0.25) is 5.91 Å². The van der Waals surface area contributed by atoms with E-state index in [1.165, 1.54) is 0 Å². The van der Waals surface area contributed by atoms with E-state index in [1.54, 1.807) is 24.1 Å². The Kier molecular flexibility index (Phi) is 6.25. The first-order valence-corrected chi connectivity index (χ1v) is 10.6. The molecule has 2 aromatic rings. The van der Waals surface area contributed by atoms with Crippen LogP contribution >= 0.6 is 0 Å². The van der Waals surface area contributed by atoms with Gasteiger partial charge in [-0.15, -0.1) is 0 Å². The Morgan fingerprint density at radius 2 is 1.83 bits per heavy atom. The molecule has 0 unspecified atom stereocenters. The minimum Gasteiger partial charge on any atom is -0.381 e. The van der Waals surface area contributed by atoms with Gasteiger partial charge < -0.3 is 14.5 Å². The number of benzene rings is 1. The number of rotatable bonds is 5. The second-order valence-electron chi connectivity index (χ2n) is 8.09. The fourth-order valence-corrected chi connectivity index (χ4v) is 4.60. The summed E-state index contributed by atoms with van der Waals surface area (Å²) in [6, 6.07) is 7.89. The molecule has 7 heteroatoms. The fourth-order valence-electron chi connectivity index (χ4n) is 4.60. The molecule has 156 valence electrons. The summed E-state index contributed by atoms with van der Waals surface area (Å²) in [5.41, 5.74) is 0.609. The molecule has 2 aliphatic heterocycles. The number of hydrogen-bond donors (Lipinski definition) is 0. The highest BCUT2D eigenvalue weighted by Crippen LogP contribution is 2.22. The predicted octanol–water partition coefficient (Wildman–Crippen LogP) is 1.89. The molecule has 3 heterocycles. The number of aromatic nitrogens is 2. The topological polar surface area (TPSA) is 67.7 Å². The van der Waals surface area contributed by atoms with Crippen LogP contribution in [0.2, 0.25) is 0 Å². The number of hydrogen-bond acceptors (Lipinski definition) is 5. The number of aryl methyl sites for hydroxylation is 1. The van der Waals surface area contributed by atoms with Crippen molar-refractivity contribution in [2.45, 2.75) is 50.8 Å². The smallest absolute Gasteiger partial charge is 0.261 e. The van der Waals surface area contributed by atoms with E-state index in [0.29, 0.717) is 36.0 Å². The van der Waals surface area contributed by atoms with Crippen LogP contribution in [0, 0.1) is 0 Å². The average Bonchev–Trinajstić information content (AvgIpc) is 2.79. The normalized spacial score (nSPS) is 19.7. The van der Waals surface area contributed by atoms with Crippen LogP contribution < -0.4 is 5.56 Å². The van der Waals surface area contributed by atoms with Crippen molar-refractivity contribution in [3.63, 3.8) is 0 Å². The highest BCUT2D eigenvalue weighted by atomic mass is 16.5. The summed E-state index contributed by atoms with van der Waals surface area (Å²) in [7, 11) is 1.80. The van der Waals surface area contributed by atoms with Crippen molar-refractivity contribution >= 4 is 16.8 Å². The molecule has 2 saturated heterocycles. The Labute approximate surface area is 171 Å². The summed E-state index contributed by atoms with van der Waals surface area (Å²) in [6.07, 6.45) is 6.55. The van der Waals surface area contributed by atoms with Crippen LogP contribution in [-0.4, -0.2) is 70.7 Å². The van der Waals surface area contributed by atoms with Gasteiger partial charge in [0.1, 0.15) is 0 Å². The number of likely N-dealkylation sites (tertiary alicyclic amines) is 2. The molecule has 29 heavy (non-hydrogen) atoms. The molecule has 0 atom stereocenters. The number of methoxy groups -OCH3 is 1. The molecule has 4 rings (SSSR count). The van der Waals surface area contributed by atoms with Gasteiger partial charge in [-0.1, -0.05) is 12.1 Å². The Balaban J connectivity index is 1.27. The van der Waals surface area contributed by atoms with Crippen LogP contribution in [0.25, 0.3) is 10.9 Å². The maximum absolute atomic E-state index is 12.7. The van der Waals surface area contributed by atoms with E-state index < -0.39 is 0 Å². The van der Waals surface area contributed by atoms with Crippen molar-refractivity contribution < 1.29 is 9.53 Å². The first-order chi connectivity index (χ1) is 14.2. The Bertz CT molecular complexity index is 896. The number of carbonyl (C=O) groups is 1. The number of amides is 1. The monoisotopic (exact) mass is 398 g/mol. The minimum absolute atomic E-state index is 0.0819. The third kappa shape index (κ3) is 4.51. The maximum atomic E-state index is 12.7. The molecule has 0 N–H and O–H groups in total. The quantitative estimate of drug-likeness (QED) is 0.769. The van der Waals surface area contributed by atoms with Gasteiger partial charge in [-0.05, 0) is 37.8 Å². The van der Waals surface area contributed by atoms with Gasteiger partial charge >= 0.3 is 0 Å². The highest BCUT2D eigenvalue weighted by Gasteiger charge is 2.29.